The van der Waals surface area contributed by atoms with Crippen LogP contribution in [0.3, 0.4) is 0 Å². The molecule has 1 aliphatic heterocycles. The maximum Gasteiger partial charge on any atom is 0.338 e. The summed E-state index contributed by atoms with van der Waals surface area (Å²) in [5, 5.41) is 13.5. The minimum absolute atomic E-state index is 0.0521. The smallest absolute Gasteiger partial charge is 0.338 e. The number of nitrogens with zero attached hydrogens (tertiary/aromatic N) is 1. The van der Waals surface area contributed by atoms with Gasteiger partial charge in [-0.25, -0.2) is 4.79 Å². The molecule has 1 fully saturated rings. The van der Waals surface area contributed by atoms with Gasteiger partial charge in [0.1, 0.15) is 5.69 Å². The third-order valence-corrected chi connectivity index (χ3v) is 7.16. The topological polar surface area (TPSA) is 98.5 Å². The lowest BCUT2D eigenvalue weighted by molar-refractivity contribution is -0.383. The maximum atomic E-state index is 12.3. The molecular weight excluding hydrogens is 400 g/mol. The van der Waals surface area contributed by atoms with E-state index >= 15 is 0 Å². The van der Waals surface area contributed by atoms with Crippen molar-refractivity contribution in [2.24, 2.45) is 0 Å². The van der Waals surface area contributed by atoms with Gasteiger partial charge in [-0.15, -0.1) is 23.5 Å². The summed E-state index contributed by atoms with van der Waals surface area (Å²) < 4.78 is 5.59. The lowest BCUT2D eigenvalue weighted by atomic mass is 10.1. The van der Waals surface area contributed by atoms with Gasteiger partial charge < -0.3 is 10.1 Å². The third-order valence-electron chi connectivity index (χ3n) is 4.05. The summed E-state index contributed by atoms with van der Waals surface area (Å²) in [6, 6.07) is 12.9. The predicted molar refractivity (Wildman–Crippen MR) is 111 cm³/mol. The lowest BCUT2D eigenvalue weighted by Gasteiger charge is -2.14. The molecule has 1 N–H and O–H groups in total. The number of thioether (sulfide) groups is 2. The van der Waals surface area contributed by atoms with Crippen LogP contribution in [0.1, 0.15) is 27.4 Å². The van der Waals surface area contributed by atoms with Crippen LogP contribution in [-0.4, -0.2) is 34.4 Å². The predicted octanol–water partition coefficient (Wildman–Crippen LogP) is 4.26. The van der Waals surface area contributed by atoms with E-state index in [1.165, 1.54) is 25.1 Å². The van der Waals surface area contributed by atoms with Crippen molar-refractivity contribution in [1.29, 1.82) is 0 Å². The highest BCUT2D eigenvalue weighted by Crippen LogP contribution is 2.45. The Balaban J connectivity index is 1.60. The first-order valence-electron chi connectivity index (χ1n) is 8.54. The standard InChI is InChI=1S/C19H18N2O5S2/c1-12(17(22)20-15-4-2-3-5-16(15)21(24)25)26-18(23)13-6-8-14(9-7-13)19-27-10-11-28-19/h2-9,12,19H,10-11H2,1H3,(H,20,22). The van der Waals surface area contributed by atoms with E-state index < -0.39 is 22.9 Å². The van der Waals surface area contributed by atoms with Crippen molar-refractivity contribution >= 4 is 46.8 Å². The summed E-state index contributed by atoms with van der Waals surface area (Å²) in [5.41, 5.74) is 1.32. The minimum atomic E-state index is -1.10. The van der Waals surface area contributed by atoms with Gasteiger partial charge >= 0.3 is 5.97 Å². The molecule has 146 valence electrons. The van der Waals surface area contributed by atoms with E-state index in [1.54, 1.807) is 18.2 Å². The molecule has 0 aliphatic carbocycles. The molecular formula is C19H18N2O5S2. The number of carbonyl (C=O) groups is 2. The first kappa shape index (κ1) is 20.2. The molecule has 1 aliphatic rings. The summed E-state index contributed by atoms with van der Waals surface area (Å²) in [6.45, 7) is 1.42. The molecule has 2 aromatic rings. The number of ether oxygens (including phenoxy) is 1. The molecule has 2 aromatic carbocycles. The van der Waals surface area contributed by atoms with Gasteiger partial charge in [-0.3, -0.25) is 14.9 Å². The SMILES string of the molecule is CC(OC(=O)c1ccc(C2SCCS2)cc1)C(=O)Nc1ccccc1[N+](=O)[O-]. The van der Waals surface area contributed by atoms with Gasteiger partial charge in [-0.2, -0.15) is 0 Å². The highest BCUT2D eigenvalue weighted by Gasteiger charge is 2.23. The third kappa shape index (κ3) is 4.85. The molecule has 28 heavy (non-hydrogen) atoms. The number of nitrogens with one attached hydrogen (secondary N) is 1. The molecule has 1 atom stereocenters. The zero-order valence-corrected chi connectivity index (χ0v) is 16.6. The van der Waals surface area contributed by atoms with Crippen molar-refractivity contribution < 1.29 is 19.2 Å². The number of para-hydroxylation sites is 2. The van der Waals surface area contributed by atoms with E-state index in [0.717, 1.165) is 17.1 Å². The number of amides is 1. The van der Waals surface area contributed by atoms with Crippen molar-refractivity contribution in [2.45, 2.75) is 17.6 Å². The number of rotatable bonds is 6. The number of carbonyl (C=O) groups excluding carboxylic acids is 2. The van der Waals surface area contributed by atoms with Crippen molar-refractivity contribution in [2.75, 3.05) is 16.8 Å². The molecule has 1 unspecified atom stereocenters. The monoisotopic (exact) mass is 418 g/mol. The van der Waals surface area contributed by atoms with Crippen LogP contribution in [0.15, 0.2) is 48.5 Å². The number of esters is 1. The maximum absolute atomic E-state index is 12.3. The summed E-state index contributed by atoms with van der Waals surface area (Å²) in [5.74, 6) is 0.970. The highest BCUT2D eigenvalue weighted by atomic mass is 32.2. The van der Waals surface area contributed by atoms with Crippen molar-refractivity contribution in [3.63, 3.8) is 0 Å². The fourth-order valence-electron chi connectivity index (χ4n) is 2.58. The average Bonchev–Trinajstić information content (AvgIpc) is 3.23. The summed E-state index contributed by atoms with van der Waals surface area (Å²) >= 11 is 3.75. The number of hydrogen-bond acceptors (Lipinski definition) is 7. The molecule has 0 saturated carbocycles. The normalized spacial score (nSPS) is 15.0. The van der Waals surface area contributed by atoms with Gasteiger partial charge in [-0.1, -0.05) is 24.3 Å². The summed E-state index contributed by atoms with van der Waals surface area (Å²) in [7, 11) is 0. The van der Waals surface area contributed by atoms with Crippen LogP contribution >= 0.6 is 23.5 Å². The van der Waals surface area contributed by atoms with E-state index in [-0.39, 0.29) is 11.4 Å². The van der Waals surface area contributed by atoms with Crippen LogP contribution in [-0.2, 0) is 9.53 Å². The Morgan fingerprint density at radius 2 is 1.79 bits per heavy atom. The number of benzene rings is 2. The van der Waals surface area contributed by atoms with E-state index in [1.807, 2.05) is 35.7 Å². The summed E-state index contributed by atoms with van der Waals surface area (Å²) in [4.78, 5) is 35.0. The van der Waals surface area contributed by atoms with Crippen molar-refractivity contribution in [3.05, 3.63) is 69.8 Å². The first-order valence-corrected chi connectivity index (χ1v) is 10.6. The minimum Gasteiger partial charge on any atom is -0.449 e. The van der Waals surface area contributed by atoms with Gasteiger partial charge in [0.2, 0.25) is 0 Å². The molecule has 1 amide bonds. The van der Waals surface area contributed by atoms with Crippen LogP contribution in [0.5, 0.6) is 0 Å². The molecule has 7 nitrogen and oxygen atoms in total. The Kier molecular flexibility index (Phi) is 6.58. The molecule has 1 heterocycles. The molecule has 9 heteroatoms. The van der Waals surface area contributed by atoms with Crippen molar-refractivity contribution in [1.82, 2.24) is 0 Å². The average molecular weight is 418 g/mol. The number of nitro benzene ring substituents is 1. The molecule has 0 bridgehead atoms. The van der Waals surface area contributed by atoms with Gasteiger partial charge in [-0.05, 0) is 30.7 Å². The van der Waals surface area contributed by atoms with Crippen LogP contribution in [0.25, 0.3) is 0 Å². The van der Waals surface area contributed by atoms with Gasteiger partial charge in [0.15, 0.2) is 6.10 Å². The largest absolute Gasteiger partial charge is 0.449 e. The lowest BCUT2D eigenvalue weighted by Crippen LogP contribution is -2.30. The zero-order chi connectivity index (χ0) is 20.1. The van der Waals surface area contributed by atoms with E-state index in [4.69, 9.17) is 4.74 Å². The van der Waals surface area contributed by atoms with Gasteiger partial charge in [0.05, 0.1) is 15.1 Å². The van der Waals surface area contributed by atoms with Crippen LogP contribution < -0.4 is 5.32 Å². The number of anilines is 1. The first-order chi connectivity index (χ1) is 13.5. The second-order valence-electron chi connectivity index (χ2n) is 6.01. The molecule has 1 saturated heterocycles. The van der Waals surface area contributed by atoms with Gasteiger partial charge in [0, 0.05) is 17.6 Å². The van der Waals surface area contributed by atoms with E-state index in [0.29, 0.717) is 10.1 Å². The van der Waals surface area contributed by atoms with Crippen LogP contribution in [0.2, 0.25) is 0 Å². The highest BCUT2D eigenvalue weighted by molar-refractivity contribution is 8.19. The number of nitro groups is 1. The van der Waals surface area contributed by atoms with Crippen molar-refractivity contribution in [3.8, 4) is 0 Å². The molecule has 0 spiro atoms. The fourth-order valence-corrected chi connectivity index (χ4v) is 5.44. The number of hydrogen-bond donors (Lipinski definition) is 1. The Hall–Kier alpha value is -2.52. The fraction of sp³-hybridized carbons (Fsp3) is 0.263. The second-order valence-corrected chi connectivity index (χ2v) is 8.73. The zero-order valence-electron chi connectivity index (χ0n) is 15.0. The van der Waals surface area contributed by atoms with Gasteiger partial charge in [0.25, 0.3) is 11.6 Å². The second kappa shape index (κ2) is 9.11. The van der Waals surface area contributed by atoms with E-state index in [2.05, 4.69) is 5.32 Å². The molecule has 3 rings (SSSR count). The quantitative estimate of drug-likeness (QED) is 0.425. The van der Waals surface area contributed by atoms with E-state index in [9.17, 15) is 19.7 Å². The Bertz CT molecular complexity index is 882. The Morgan fingerprint density at radius 1 is 1.14 bits per heavy atom. The molecule has 0 radical (unpaired) electrons. The van der Waals surface area contributed by atoms with Crippen LogP contribution in [0.4, 0.5) is 11.4 Å². The Labute approximate surface area is 170 Å². The molecule has 0 aromatic heterocycles. The summed E-state index contributed by atoms with van der Waals surface area (Å²) in [6.07, 6.45) is -1.10. The van der Waals surface area contributed by atoms with Crippen LogP contribution in [0, 0.1) is 10.1 Å². The Morgan fingerprint density at radius 3 is 2.43 bits per heavy atom.